The lowest BCUT2D eigenvalue weighted by Gasteiger charge is -2.15. The van der Waals surface area contributed by atoms with E-state index in [1.807, 2.05) is 0 Å². The molecule has 0 aromatic carbocycles. The maximum absolute atomic E-state index is 11.7. The Kier molecular flexibility index (Phi) is 3.26. The average Bonchev–Trinajstić information content (AvgIpc) is 2.71. The second kappa shape index (κ2) is 4.69. The quantitative estimate of drug-likeness (QED) is 0.533. The standard InChI is InChI=1S/C11H13BN2O3/c1-2-8-5-11(15)14(7-8)10-4-3-9(6-13-10)12(16)17/h2-4,6,8,16-17H,1,5,7H2. The van der Waals surface area contributed by atoms with Crippen molar-refractivity contribution >= 4 is 24.3 Å². The maximum Gasteiger partial charge on any atom is 0.490 e. The summed E-state index contributed by atoms with van der Waals surface area (Å²) in [4.78, 5) is 17.3. The first-order valence-corrected chi connectivity index (χ1v) is 5.37. The molecule has 1 atom stereocenters. The Hall–Kier alpha value is -1.66. The number of aromatic nitrogens is 1. The molecule has 2 N–H and O–H groups in total. The first kappa shape index (κ1) is 11.8. The van der Waals surface area contributed by atoms with E-state index in [-0.39, 0.29) is 11.8 Å². The van der Waals surface area contributed by atoms with Gasteiger partial charge >= 0.3 is 7.12 Å². The molecule has 0 radical (unpaired) electrons. The highest BCUT2D eigenvalue weighted by atomic mass is 16.4. The molecule has 88 valence electrons. The zero-order valence-corrected chi connectivity index (χ0v) is 9.28. The van der Waals surface area contributed by atoms with Gasteiger partial charge in [-0.25, -0.2) is 4.98 Å². The van der Waals surface area contributed by atoms with E-state index in [4.69, 9.17) is 10.0 Å². The third-order valence-electron chi connectivity index (χ3n) is 2.83. The molecule has 2 rings (SSSR count). The third-order valence-corrected chi connectivity index (χ3v) is 2.83. The Bertz CT molecular complexity index is 433. The van der Waals surface area contributed by atoms with E-state index >= 15 is 0 Å². The smallest absolute Gasteiger partial charge is 0.423 e. The fourth-order valence-corrected chi connectivity index (χ4v) is 1.82. The normalized spacial score (nSPS) is 19.5. The van der Waals surface area contributed by atoms with Crippen LogP contribution in [0.15, 0.2) is 31.0 Å². The van der Waals surface area contributed by atoms with E-state index in [2.05, 4.69) is 11.6 Å². The SMILES string of the molecule is C=CC1CC(=O)N(c2ccc(B(O)O)cn2)C1. The molecule has 2 heterocycles. The molecular weight excluding hydrogens is 219 g/mol. The lowest BCUT2D eigenvalue weighted by Crippen LogP contribution is -2.31. The molecular formula is C11H13BN2O3. The van der Waals surface area contributed by atoms with Crippen molar-refractivity contribution in [2.75, 3.05) is 11.4 Å². The van der Waals surface area contributed by atoms with Gasteiger partial charge in [0.2, 0.25) is 5.91 Å². The number of pyridine rings is 1. The zero-order chi connectivity index (χ0) is 12.4. The van der Waals surface area contributed by atoms with E-state index in [0.29, 0.717) is 24.2 Å². The van der Waals surface area contributed by atoms with Crippen molar-refractivity contribution in [2.45, 2.75) is 6.42 Å². The van der Waals surface area contributed by atoms with Gasteiger partial charge in [-0.2, -0.15) is 0 Å². The lowest BCUT2D eigenvalue weighted by molar-refractivity contribution is -0.117. The van der Waals surface area contributed by atoms with Gasteiger partial charge in [0.15, 0.2) is 0 Å². The molecule has 1 aromatic heterocycles. The van der Waals surface area contributed by atoms with E-state index in [0.717, 1.165) is 0 Å². The molecule has 6 heteroatoms. The van der Waals surface area contributed by atoms with E-state index in [1.54, 1.807) is 23.1 Å². The molecule has 1 aliphatic heterocycles. The van der Waals surface area contributed by atoms with Gasteiger partial charge in [0.25, 0.3) is 0 Å². The second-order valence-corrected chi connectivity index (χ2v) is 4.03. The highest BCUT2D eigenvalue weighted by molar-refractivity contribution is 6.58. The maximum atomic E-state index is 11.7. The summed E-state index contributed by atoms with van der Waals surface area (Å²) in [6, 6.07) is 3.15. The van der Waals surface area contributed by atoms with Crippen LogP contribution < -0.4 is 10.4 Å². The lowest BCUT2D eigenvalue weighted by atomic mass is 9.82. The van der Waals surface area contributed by atoms with Gasteiger partial charge in [-0.3, -0.25) is 9.69 Å². The number of rotatable bonds is 3. The van der Waals surface area contributed by atoms with Crippen molar-refractivity contribution in [2.24, 2.45) is 5.92 Å². The summed E-state index contributed by atoms with van der Waals surface area (Å²) in [5, 5.41) is 17.9. The predicted octanol–water partition coefficient (Wildman–Crippen LogP) is -0.700. The summed E-state index contributed by atoms with van der Waals surface area (Å²) in [6.45, 7) is 4.26. The van der Waals surface area contributed by atoms with Crippen LogP contribution in [0, 0.1) is 5.92 Å². The van der Waals surface area contributed by atoms with E-state index < -0.39 is 7.12 Å². The van der Waals surface area contributed by atoms with E-state index in [1.165, 1.54) is 6.20 Å². The number of carbonyl (C=O) groups is 1. The molecule has 1 fully saturated rings. The molecule has 5 nitrogen and oxygen atoms in total. The fourth-order valence-electron chi connectivity index (χ4n) is 1.82. The van der Waals surface area contributed by atoms with Crippen molar-refractivity contribution in [3.8, 4) is 0 Å². The highest BCUT2D eigenvalue weighted by Crippen LogP contribution is 2.23. The van der Waals surface area contributed by atoms with Crippen LogP contribution in [-0.2, 0) is 4.79 Å². The number of nitrogens with zero attached hydrogens (tertiary/aromatic N) is 2. The van der Waals surface area contributed by atoms with Crippen molar-refractivity contribution in [1.29, 1.82) is 0 Å². The summed E-state index contributed by atoms with van der Waals surface area (Å²) in [6.07, 6.45) is 3.58. The number of hydrogen-bond acceptors (Lipinski definition) is 4. The molecule has 1 unspecified atom stereocenters. The molecule has 1 aromatic rings. The first-order chi connectivity index (χ1) is 8.11. The van der Waals surface area contributed by atoms with Crippen molar-refractivity contribution < 1.29 is 14.8 Å². The van der Waals surface area contributed by atoms with Crippen molar-refractivity contribution in [3.63, 3.8) is 0 Å². The van der Waals surface area contributed by atoms with Gasteiger partial charge in [-0.05, 0) is 6.07 Å². The Balaban J connectivity index is 2.18. The third kappa shape index (κ3) is 2.37. The Labute approximate surface area is 99.5 Å². The van der Waals surface area contributed by atoms with Crippen LogP contribution in [0.3, 0.4) is 0 Å². The molecule has 0 aliphatic carbocycles. The minimum atomic E-state index is -1.54. The molecule has 0 spiro atoms. The topological polar surface area (TPSA) is 73.7 Å². The second-order valence-electron chi connectivity index (χ2n) is 4.03. The van der Waals surface area contributed by atoms with Gasteiger partial charge in [-0.15, -0.1) is 6.58 Å². The average molecular weight is 232 g/mol. The zero-order valence-electron chi connectivity index (χ0n) is 9.28. The van der Waals surface area contributed by atoms with E-state index in [9.17, 15) is 4.79 Å². The first-order valence-electron chi connectivity index (χ1n) is 5.37. The molecule has 1 amide bonds. The van der Waals surface area contributed by atoms with Crippen LogP contribution in [0.1, 0.15) is 6.42 Å². The number of anilines is 1. The van der Waals surface area contributed by atoms with Crippen LogP contribution >= 0.6 is 0 Å². The number of hydrogen-bond donors (Lipinski definition) is 2. The summed E-state index contributed by atoms with van der Waals surface area (Å²) in [5.41, 5.74) is 0.306. The summed E-state index contributed by atoms with van der Waals surface area (Å²) in [5.74, 6) is 0.704. The molecule has 0 saturated carbocycles. The Morgan fingerprint density at radius 1 is 1.53 bits per heavy atom. The minimum absolute atomic E-state index is 0.0136. The Morgan fingerprint density at radius 2 is 2.29 bits per heavy atom. The monoisotopic (exact) mass is 232 g/mol. The van der Waals surface area contributed by atoms with Crippen LogP contribution in [0.25, 0.3) is 0 Å². The number of amides is 1. The summed E-state index contributed by atoms with van der Waals surface area (Å²) < 4.78 is 0. The largest absolute Gasteiger partial charge is 0.490 e. The summed E-state index contributed by atoms with van der Waals surface area (Å²) >= 11 is 0. The minimum Gasteiger partial charge on any atom is -0.423 e. The van der Waals surface area contributed by atoms with Crippen LogP contribution in [0.2, 0.25) is 0 Å². The Morgan fingerprint density at radius 3 is 2.76 bits per heavy atom. The molecule has 17 heavy (non-hydrogen) atoms. The highest BCUT2D eigenvalue weighted by Gasteiger charge is 2.29. The van der Waals surface area contributed by atoms with Crippen molar-refractivity contribution in [1.82, 2.24) is 4.98 Å². The molecule has 1 aliphatic rings. The fraction of sp³-hybridized carbons (Fsp3) is 0.273. The van der Waals surface area contributed by atoms with Gasteiger partial charge in [0, 0.05) is 30.5 Å². The summed E-state index contributed by atoms with van der Waals surface area (Å²) in [7, 11) is -1.54. The molecule has 1 saturated heterocycles. The van der Waals surface area contributed by atoms with Gasteiger partial charge in [0.1, 0.15) is 5.82 Å². The predicted molar refractivity (Wildman–Crippen MR) is 64.7 cm³/mol. The van der Waals surface area contributed by atoms with Crippen LogP contribution in [0.4, 0.5) is 5.82 Å². The molecule has 0 bridgehead atoms. The number of carbonyl (C=O) groups excluding carboxylic acids is 1. The van der Waals surface area contributed by atoms with Gasteiger partial charge in [-0.1, -0.05) is 12.1 Å². The van der Waals surface area contributed by atoms with Crippen molar-refractivity contribution in [3.05, 3.63) is 31.0 Å². The van der Waals surface area contributed by atoms with Gasteiger partial charge in [0.05, 0.1) is 0 Å². The van der Waals surface area contributed by atoms with Crippen LogP contribution in [-0.4, -0.2) is 34.6 Å². The van der Waals surface area contributed by atoms with Gasteiger partial charge < -0.3 is 10.0 Å². The van der Waals surface area contributed by atoms with Crippen LogP contribution in [0.5, 0.6) is 0 Å².